The maximum Gasteiger partial charge on any atom is 0.221 e. The van der Waals surface area contributed by atoms with Crippen LogP contribution in [0.5, 0.6) is 5.75 Å². The monoisotopic (exact) mass is 426 g/mol. The highest BCUT2D eigenvalue weighted by Gasteiger charge is 2.20. The zero-order valence-electron chi connectivity index (χ0n) is 16.5. The molecule has 7 nitrogen and oxygen atoms in total. The standard InChI is InChI=1S/C22H22N2O5S/c1-15-11-16-7-8-17(12-20(16)28-15)21-13-18(24-29-21)14-23-22(25)9-10-30(26,27)19-5-3-2-4-6-19/h2-8,12-13,15H,9-11,14H2,1H3,(H,23,25). The highest BCUT2D eigenvalue weighted by molar-refractivity contribution is 7.91. The minimum atomic E-state index is -3.49. The van der Waals surface area contributed by atoms with E-state index < -0.39 is 9.84 Å². The summed E-state index contributed by atoms with van der Waals surface area (Å²) >= 11 is 0. The van der Waals surface area contributed by atoms with Crippen LogP contribution in [0.1, 0.15) is 24.6 Å². The molecule has 0 spiro atoms. The van der Waals surface area contributed by atoms with Crippen molar-refractivity contribution < 1.29 is 22.5 Å². The first kappa shape index (κ1) is 20.2. The van der Waals surface area contributed by atoms with Crippen LogP contribution in [0.15, 0.2) is 64.0 Å². The Balaban J connectivity index is 1.31. The number of sulfone groups is 1. The molecule has 3 aromatic rings. The van der Waals surface area contributed by atoms with E-state index in [9.17, 15) is 13.2 Å². The van der Waals surface area contributed by atoms with Crippen molar-refractivity contribution in [1.29, 1.82) is 0 Å². The van der Waals surface area contributed by atoms with Crippen LogP contribution in [0.4, 0.5) is 0 Å². The second-order valence-electron chi connectivity index (χ2n) is 7.30. The summed E-state index contributed by atoms with van der Waals surface area (Å²) in [6.07, 6.45) is 0.937. The third kappa shape index (κ3) is 4.54. The maximum atomic E-state index is 12.3. The molecule has 1 aliphatic rings. The Morgan fingerprint density at radius 2 is 1.97 bits per heavy atom. The number of hydrogen-bond donors (Lipinski definition) is 1. The van der Waals surface area contributed by atoms with Crippen molar-refractivity contribution in [2.45, 2.75) is 37.3 Å². The third-order valence-corrected chi connectivity index (χ3v) is 6.64. The quantitative estimate of drug-likeness (QED) is 0.623. The first-order valence-corrected chi connectivity index (χ1v) is 11.4. The summed E-state index contributed by atoms with van der Waals surface area (Å²) in [5.74, 6) is 0.821. The molecule has 1 aliphatic heterocycles. The molecule has 2 heterocycles. The van der Waals surface area contributed by atoms with E-state index in [0.717, 1.165) is 17.7 Å². The van der Waals surface area contributed by atoms with Gasteiger partial charge in [0.25, 0.3) is 0 Å². The molecule has 1 N–H and O–H groups in total. The van der Waals surface area contributed by atoms with Gasteiger partial charge in [0.05, 0.1) is 17.2 Å². The van der Waals surface area contributed by atoms with E-state index in [1.165, 1.54) is 17.7 Å². The molecule has 8 heteroatoms. The van der Waals surface area contributed by atoms with Gasteiger partial charge in [-0.15, -0.1) is 0 Å². The Morgan fingerprint density at radius 3 is 2.77 bits per heavy atom. The van der Waals surface area contributed by atoms with Gasteiger partial charge in [0, 0.05) is 24.5 Å². The fraction of sp³-hybridized carbons (Fsp3) is 0.273. The summed E-state index contributed by atoms with van der Waals surface area (Å²) in [5, 5.41) is 6.67. The SMILES string of the molecule is CC1Cc2ccc(-c3cc(CNC(=O)CCS(=O)(=O)c4ccccc4)no3)cc2O1. The van der Waals surface area contributed by atoms with Crippen LogP contribution in [0.25, 0.3) is 11.3 Å². The van der Waals surface area contributed by atoms with E-state index in [-0.39, 0.29) is 35.6 Å². The normalized spacial score (nSPS) is 15.4. The van der Waals surface area contributed by atoms with Gasteiger partial charge in [-0.05, 0) is 30.7 Å². The van der Waals surface area contributed by atoms with Crippen molar-refractivity contribution in [1.82, 2.24) is 10.5 Å². The lowest BCUT2D eigenvalue weighted by Crippen LogP contribution is -2.25. The van der Waals surface area contributed by atoms with E-state index >= 15 is 0 Å². The molecule has 1 unspecified atom stereocenters. The van der Waals surface area contributed by atoms with E-state index in [1.807, 2.05) is 25.1 Å². The number of ether oxygens (including phenoxy) is 1. The van der Waals surface area contributed by atoms with E-state index in [2.05, 4.69) is 10.5 Å². The Kier molecular flexibility index (Phi) is 5.59. The lowest BCUT2D eigenvalue weighted by atomic mass is 10.1. The number of nitrogens with one attached hydrogen (secondary N) is 1. The van der Waals surface area contributed by atoms with Gasteiger partial charge in [0.1, 0.15) is 17.5 Å². The number of carbonyl (C=O) groups excluding carboxylic acids is 1. The minimum Gasteiger partial charge on any atom is -0.490 e. The average molecular weight is 426 g/mol. The number of carbonyl (C=O) groups is 1. The minimum absolute atomic E-state index is 0.123. The number of nitrogens with zero attached hydrogens (tertiary/aromatic N) is 1. The van der Waals surface area contributed by atoms with Gasteiger partial charge in [-0.3, -0.25) is 4.79 Å². The number of benzene rings is 2. The van der Waals surface area contributed by atoms with Crippen molar-refractivity contribution in [2.75, 3.05) is 5.75 Å². The van der Waals surface area contributed by atoms with Crippen molar-refractivity contribution in [3.63, 3.8) is 0 Å². The molecule has 4 rings (SSSR count). The number of aromatic nitrogens is 1. The Bertz CT molecular complexity index is 1160. The number of rotatable bonds is 7. The van der Waals surface area contributed by atoms with Crippen molar-refractivity contribution in [2.24, 2.45) is 0 Å². The van der Waals surface area contributed by atoms with Crippen LogP contribution in [-0.2, 0) is 27.6 Å². The summed E-state index contributed by atoms with van der Waals surface area (Å²) in [7, 11) is -3.49. The van der Waals surface area contributed by atoms with Crippen LogP contribution in [0.2, 0.25) is 0 Å². The molecule has 0 saturated heterocycles. The second-order valence-corrected chi connectivity index (χ2v) is 9.41. The number of hydrogen-bond acceptors (Lipinski definition) is 6. The first-order chi connectivity index (χ1) is 14.4. The summed E-state index contributed by atoms with van der Waals surface area (Å²) < 4.78 is 35.7. The summed E-state index contributed by atoms with van der Waals surface area (Å²) in [6.45, 7) is 2.19. The molecule has 0 bridgehead atoms. The molecule has 0 aliphatic carbocycles. The van der Waals surface area contributed by atoms with Gasteiger partial charge >= 0.3 is 0 Å². The van der Waals surface area contributed by atoms with Gasteiger partial charge in [-0.25, -0.2) is 8.42 Å². The molecular formula is C22H22N2O5S. The number of amides is 1. The van der Waals surface area contributed by atoms with Gasteiger partial charge in [0.2, 0.25) is 5.91 Å². The van der Waals surface area contributed by atoms with Crippen LogP contribution in [0, 0.1) is 0 Å². The van der Waals surface area contributed by atoms with E-state index in [4.69, 9.17) is 9.26 Å². The van der Waals surface area contributed by atoms with E-state index in [0.29, 0.717) is 11.5 Å². The average Bonchev–Trinajstić information content (AvgIpc) is 3.36. The molecule has 2 aromatic carbocycles. The van der Waals surface area contributed by atoms with Crippen LogP contribution in [-0.4, -0.2) is 31.3 Å². The molecule has 30 heavy (non-hydrogen) atoms. The molecular weight excluding hydrogens is 404 g/mol. The van der Waals surface area contributed by atoms with Gasteiger partial charge < -0.3 is 14.6 Å². The largest absolute Gasteiger partial charge is 0.490 e. The predicted octanol–water partition coefficient (Wildman–Crippen LogP) is 3.15. The summed E-state index contributed by atoms with van der Waals surface area (Å²) in [4.78, 5) is 12.3. The van der Waals surface area contributed by atoms with E-state index in [1.54, 1.807) is 24.3 Å². The molecule has 1 amide bonds. The van der Waals surface area contributed by atoms with Crippen LogP contribution in [0.3, 0.4) is 0 Å². The van der Waals surface area contributed by atoms with Crippen LogP contribution < -0.4 is 10.1 Å². The van der Waals surface area contributed by atoms with Crippen molar-refractivity contribution in [3.05, 3.63) is 65.9 Å². The zero-order valence-corrected chi connectivity index (χ0v) is 17.3. The first-order valence-electron chi connectivity index (χ1n) is 9.71. The highest BCUT2D eigenvalue weighted by atomic mass is 32.2. The topological polar surface area (TPSA) is 98.5 Å². The van der Waals surface area contributed by atoms with Crippen molar-refractivity contribution in [3.8, 4) is 17.1 Å². The Labute approximate surface area is 175 Å². The molecule has 156 valence electrons. The third-order valence-electron chi connectivity index (χ3n) is 4.91. The molecule has 1 atom stereocenters. The smallest absolute Gasteiger partial charge is 0.221 e. The number of fused-ring (bicyclic) bond motifs is 1. The molecule has 1 aromatic heterocycles. The predicted molar refractivity (Wildman–Crippen MR) is 111 cm³/mol. The van der Waals surface area contributed by atoms with Gasteiger partial charge in [0.15, 0.2) is 15.6 Å². The lowest BCUT2D eigenvalue weighted by Gasteiger charge is -2.05. The molecule has 0 saturated carbocycles. The van der Waals surface area contributed by atoms with Gasteiger partial charge in [-0.1, -0.05) is 35.5 Å². The Morgan fingerprint density at radius 1 is 1.17 bits per heavy atom. The Hall–Kier alpha value is -3.13. The van der Waals surface area contributed by atoms with Gasteiger partial charge in [-0.2, -0.15) is 0 Å². The molecule has 0 fully saturated rings. The van der Waals surface area contributed by atoms with Crippen molar-refractivity contribution >= 4 is 15.7 Å². The van der Waals surface area contributed by atoms with Crippen LogP contribution >= 0.6 is 0 Å². The molecule has 0 radical (unpaired) electrons. The lowest BCUT2D eigenvalue weighted by molar-refractivity contribution is -0.120. The maximum absolute atomic E-state index is 12.3. The fourth-order valence-corrected chi connectivity index (χ4v) is 4.60. The second kappa shape index (κ2) is 8.31. The summed E-state index contributed by atoms with van der Waals surface area (Å²) in [5.41, 5.74) is 2.57. The zero-order chi connectivity index (χ0) is 21.1. The highest BCUT2D eigenvalue weighted by Crippen LogP contribution is 2.33. The fourth-order valence-electron chi connectivity index (χ4n) is 3.34. The summed E-state index contributed by atoms with van der Waals surface area (Å²) in [6, 6.07) is 15.8.